The average Bonchev–Trinajstić information content (AvgIpc) is 2.77. The number of carbonyl (C=O) groups is 2. The van der Waals surface area contributed by atoms with Gasteiger partial charge in [0.05, 0.1) is 5.92 Å². The Hall–Kier alpha value is -4.05. The van der Waals surface area contributed by atoms with Crippen molar-refractivity contribution in [3.63, 3.8) is 0 Å². The Morgan fingerprint density at radius 2 is 1.88 bits per heavy atom. The number of hydrogen-bond donors (Lipinski definition) is 2. The van der Waals surface area contributed by atoms with Crippen molar-refractivity contribution in [2.24, 2.45) is 11.1 Å². The smallest absolute Gasteiger partial charge is 0.262 e. The summed E-state index contributed by atoms with van der Waals surface area (Å²) in [5.74, 6) is 0.166. The van der Waals surface area contributed by atoms with E-state index in [2.05, 4.69) is 11.4 Å². The topological polar surface area (TPSA) is 114 Å². The van der Waals surface area contributed by atoms with Crippen LogP contribution in [0, 0.1) is 16.7 Å². The second kappa shape index (κ2) is 8.83. The van der Waals surface area contributed by atoms with Crippen LogP contribution in [0.2, 0.25) is 0 Å². The normalized spacial score (nSPS) is 19.3. The molecular formula is C26H25N3O4. The van der Waals surface area contributed by atoms with E-state index in [9.17, 15) is 14.9 Å². The number of amides is 1. The fourth-order valence-corrected chi connectivity index (χ4v) is 4.24. The van der Waals surface area contributed by atoms with E-state index in [1.807, 2.05) is 32.0 Å². The Bertz CT molecular complexity index is 1190. The van der Waals surface area contributed by atoms with Crippen molar-refractivity contribution in [2.45, 2.75) is 32.6 Å². The monoisotopic (exact) mass is 443 g/mol. The molecule has 0 fully saturated rings. The first-order chi connectivity index (χ1) is 15.8. The van der Waals surface area contributed by atoms with Crippen LogP contribution in [0.5, 0.6) is 5.75 Å². The Labute approximate surface area is 192 Å². The van der Waals surface area contributed by atoms with E-state index in [-0.39, 0.29) is 35.2 Å². The van der Waals surface area contributed by atoms with E-state index in [0.717, 1.165) is 5.56 Å². The third kappa shape index (κ3) is 4.75. The van der Waals surface area contributed by atoms with Crippen LogP contribution in [0.1, 0.15) is 38.2 Å². The minimum absolute atomic E-state index is 0.0321. The summed E-state index contributed by atoms with van der Waals surface area (Å²) in [6.07, 6.45) is 0.948. The van der Waals surface area contributed by atoms with Crippen LogP contribution in [-0.4, -0.2) is 18.3 Å². The van der Waals surface area contributed by atoms with E-state index in [4.69, 9.17) is 15.2 Å². The predicted molar refractivity (Wildman–Crippen MR) is 123 cm³/mol. The zero-order valence-corrected chi connectivity index (χ0v) is 18.6. The van der Waals surface area contributed by atoms with Gasteiger partial charge in [0.2, 0.25) is 5.88 Å². The van der Waals surface area contributed by atoms with Gasteiger partial charge in [-0.3, -0.25) is 9.59 Å². The molecule has 1 heterocycles. The van der Waals surface area contributed by atoms with Crippen molar-refractivity contribution in [1.29, 1.82) is 5.26 Å². The van der Waals surface area contributed by atoms with Gasteiger partial charge in [0.1, 0.15) is 23.2 Å². The number of hydrogen-bond acceptors (Lipinski definition) is 6. The van der Waals surface area contributed by atoms with Gasteiger partial charge in [-0.05, 0) is 35.2 Å². The lowest BCUT2D eigenvalue weighted by Gasteiger charge is -2.37. The van der Waals surface area contributed by atoms with Crippen molar-refractivity contribution in [3.8, 4) is 11.8 Å². The lowest BCUT2D eigenvalue weighted by molar-refractivity contribution is -0.119. The van der Waals surface area contributed by atoms with Crippen LogP contribution in [0.4, 0.5) is 5.69 Å². The molecule has 1 unspecified atom stereocenters. The maximum Gasteiger partial charge on any atom is 0.262 e. The molecule has 0 aromatic heterocycles. The maximum atomic E-state index is 13.0. The predicted octanol–water partition coefficient (Wildman–Crippen LogP) is 4.15. The molecule has 33 heavy (non-hydrogen) atoms. The van der Waals surface area contributed by atoms with E-state index >= 15 is 0 Å². The third-order valence-electron chi connectivity index (χ3n) is 5.72. The van der Waals surface area contributed by atoms with Crippen LogP contribution in [0.25, 0.3) is 0 Å². The number of nitriles is 1. The molecule has 0 saturated heterocycles. The van der Waals surface area contributed by atoms with Crippen LogP contribution in [-0.2, 0) is 14.3 Å². The fourth-order valence-electron chi connectivity index (χ4n) is 4.24. The fraction of sp³-hybridized carbons (Fsp3) is 0.269. The van der Waals surface area contributed by atoms with Gasteiger partial charge in [0.15, 0.2) is 12.4 Å². The standard InChI is InChI=1S/C26H25N3O4/c1-26(2)12-20(30)24-21(13-26)33-25(28)19(14-27)23(24)16-8-10-18(11-9-16)32-15-22(31)29-17-6-4-3-5-7-17/h3-11,23H,12-13,15,28H2,1-2H3,(H,29,31). The molecule has 1 atom stereocenters. The Balaban J connectivity index is 1.52. The highest BCUT2D eigenvalue weighted by molar-refractivity contribution is 6.00. The third-order valence-corrected chi connectivity index (χ3v) is 5.72. The first-order valence-electron chi connectivity index (χ1n) is 10.7. The molecule has 1 amide bonds. The molecule has 0 saturated carbocycles. The second-order valence-electron chi connectivity index (χ2n) is 8.97. The van der Waals surface area contributed by atoms with Crippen molar-refractivity contribution < 1.29 is 19.1 Å². The number of nitrogens with one attached hydrogen (secondary N) is 1. The van der Waals surface area contributed by atoms with Gasteiger partial charge in [-0.25, -0.2) is 0 Å². The Kier molecular flexibility index (Phi) is 5.93. The number of benzene rings is 2. The molecule has 0 radical (unpaired) electrons. The number of nitrogens with zero attached hydrogens (tertiary/aromatic N) is 1. The lowest BCUT2D eigenvalue weighted by atomic mass is 9.70. The summed E-state index contributed by atoms with van der Waals surface area (Å²) in [4.78, 5) is 25.1. The molecule has 0 spiro atoms. The number of para-hydroxylation sites is 1. The molecule has 168 valence electrons. The zero-order valence-electron chi connectivity index (χ0n) is 18.6. The van der Waals surface area contributed by atoms with E-state index in [1.165, 1.54) is 0 Å². The summed E-state index contributed by atoms with van der Waals surface area (Å²) in [6.45, 7) is 3.87. The molecule has 2 aromatic carbocycles. The van der Waals surface area contributed by atoms with Gasteiger partial charge in [-0.2, -0.15) is 5.26 Å². The SMILES string of the molecule is CC1(C)CC(=O)C2=C(C1)OC(N)=C(C#N)C2c1ccc(OCC(=O)Nc2ccccc2)cc1. The first kappa shape index (κ1) is 22.2. The van der Waals surface area contributed by atoms with Crippen LogP contribution >= 0.6 is 0 Å². The second-order valence-corrected chi connectivity index (χ2v) is 8.97. The molecule has 0 bridgehead atoms. The number of anilines is 1. The number of carbonyl (C=O) groups excluding carboxylic acids is 2. The van der Waals surface area contributed by atoms with Crippen LogP contribution in [0.3, 0.4) is 0 Å². The quantitative estimate of drug-likeness (QED) is 0.717. The van der Waals surface area contributed by atoms with Gasteiger partial charge >= 0.3 is 0 Å². The summed E-state index contributed by atoms with van der Waals surface area (Å²) in [5.41, 5.74) is 7.96. The number of allylic oxidation sites excluding steroid dienone is 3. The number of Topliss-reactive ketones (excluding diaryl/α,β-unsaturated/α-hetero) is 1. The first-order valence-corrected chi connectivity index (χ1v) is 10.7. The molecule has 2 aromatic rings. The summed E-state index contributed by atoms with van der Waals surface area (Å²) < 4.78 is 11.3. The summed E-state index contributed by atoms with van der Waals surface area (Å²) in [5, 5.41) is 12.5. The summed E-state index contributed by atoms with van der Waals surface area (Å²) in [7, 11) is 0. The molecule has 4 rings (SSSR count). The van der Waals surface area contributed by atoms with E-state index in [0.29, 0.717) is 35.6 Å². The molecule has 1 aliphatic carbocycles. The highest BCUT2D eigenvalue weighted by Crippen LogP contribution is 2.47. The zero-order chi connectivity index (χ0) is 23.6. The molecule has 3 N–H and O–H groups in total. The minimum atomic E-state index is -0.585. The number of ether oxygens (including phenoxy) is 2. The van der Waals surface area contributed by atoms with Crippen molar-refractivity contribution >= 4 is 17.4 Å². The van der Waals surface area contributed by atoms with Crippen molar-refractivity contribution in [3.05, 3.63) is 82.9 Å². The van der Waals surface area contributed by atoms with Gasteiger partial charge in [0, 0.05) is 24.1 Å². The van der Waals surface area contributed by atoms with Gasteiger partial charge in [-0.1, -0.05) is 44.2 Å². The Morgan fingerprint density at radius 1 is 1.18 bits per heavy atom. The Morgan fingerprint density at radius 3 is 2.55 bits per heavy atom. The highest BCUT2D eigenvalue weighted by Gasteiger charge is 2.42. The summed E-state index contributed by atoms with van der Waals surface area (Å²) >= 11 is 0. The number of nitrogens with two attached hydrogens (primary N) is 1. The molecule has 2 aliphatic rings. The lowest BCUT2D eigenvalue weighted by Crippen LogP contribution is -2.33. The van der Waals surface area contributed by atoms with Crippen molar-refractivity contribution in [2.75, 3.05) is 11.9 Å². The summed E-state index contributed by atoms with van der Waals surface area (Å²) in [6, 6.07) is 18.2. The molecule has 7 heteroatoms. The van der Waals surface area contributed by atoms with E-state index in [1.54, 1.807) is 36.4 Å². The van der Waals surface area contributed by atoms with E-state index < -0.39 is 5.92 Å². The average molecular weight is 444 g/mol. The maximum absolute atomic E-state index is 13.0. The van der Waals surface area contributed by atoms with Gasteiger partial charge < -0.3 is 20.5 Å². The van der Waals surface area contributed by atoms with Gasteiger partial charge in [0.25, 0.3) is 5.91 Å². The van der Waals surface area contributed by atoms with Crippen LogP contribution in [0.15, 0.2) is 77.4 Å². The van der Waals surface area contributed by atoms with Crippen molar-refractivity contribution in [1.82, 2.24) is 0 Å². The highest BCUT2D eigenvalue weighted by atomic mass is 16.5. The molecule has 1 aliphatic heterocycles. The van der Waals surface area contributed by atoms with Gasteiger partial charge in [-0.15, -0.1) is 0 Å². The van der Waals surface area contributed by atoms with Crippen LogP contribution < -0.4 is 15.8 Å². The largest absolute Gasteiger partial charge is 0.484 e. The minimum Gasteiger partial charge on any atom is -0.484 e. The number of ketones is 1. The number of rotatable bonds is 5. The molecular weight excluding hydrogens is 418 g/mol. The molecule has 7 nitrogen and oxygen atoms in total.